The molecule has 0 aliphatic heterocycles. The van der Waals surface area contributed by atoms with E-state index in [0.717, 1.165) is 78.0 Å². The Morgan fingerprint density at radius 1 is 0.348 bits per heavy atom. The molecule has 0 saturated carbocycles. The Balaban J connectivity index is 0.991. The smallest absolute Gasteiger partial charge is 0.135 e. The Hall–Kier alpha value is -8.08. The van der Waals surface area contributed by atoms with Crippen molar-refractivity contribution in [2.75, 3.05) is 9.80 Å². The number of hydrogen-bond donors (Lipinski definition) is 0. The maximum absolute atomic E-state index is 6.28. The summed E-state index contributed by atoms with van der Waals surface area (Å²) in [5, 5.41) is 9.58. The summed E-state index contributed by atoms with van der Waals surface area (Å²) in [4.78, 5) is 4.78. The maximum atomic E-state index is 6.28. The fourth-order valence-electron chi connectivity index (χ4n) is 11.0. The molecule has 2 aromatic heterocycles. The Morgan fingerprint density at radius 3 is 1.38 bits per heavy atom. The normalized spacial score (nSPS) is 13.0. The standard InChI is InChI=1S/C62H46N2O2/c1-37-17-21-40(22-18-37)63(43-27-31-58-52(34-43)47-11-6-8-15-56(47)65-58)42-25-29-46-39(3)60-50-30-26-45(36-55(50)62(4,5)54-14-10-13-49(61(54)60)51(46)33-42)64(41-23-19-38(2)20-24-41)44-28-32-59-53(35-44)48-12-7-9-16-57(48)66-59/h6-36H,1-5H3. The van der Waals surface area contributed by atoms with E-state index in [0.29, 0.717) is 0 Å². The highest BCUT2D eigenvalue weighted by Crippen LogP contribution is 2.54. The lowest BCUT2D eigenvalue weighted by Crippen LogP contribution is -2.25. The third-order valence-electron chi connectivity index (χ3n) is 14.3. The highest BCUT2D eigenvalue weighted by atomic mass is 16.3. The van der Waals surface area contributed by atoms with Gasteiger partial charge in [0.1, 0.15) is 22.3 Å². The van der Waals surface area contributed by atoms with Gasteiger partial charge in [0.2, 0.25) is 0 Å². The molecular weight excluding hydrogens is 805 g/mol. The molecule has 0 fully saturated rings. The van der Waals surface area contributed by atoms with Gasteiger partial charge < -0.3 is 18.6 Å². The molecule has 0 radical (unpaired) electrons. The highest BCUT2D eigenvalue weighted by molar-refractivity contribution is 6.19. The summed E-state index contributed by atoms with van der Waals surface area (Å²) in [5.41, 5.74) is 18.9. The topological polar surface area (TPSA) is 32.8 Å². The summed E-state index contributed by atoms with van der Waals surface area (Å²) in [7, 11) is 0. The van der Waals surface area contributed by atoms with Gasteiger partial charge >= 0.3 is 0 Å². The van der Waals surface area contributed by atoms with Crippen LogP contribution in [0.25, 0.3) is 76.5 Å². The Bertz CT molecular complexity index is 3940. The predicted molar refractivity (Wildman–Crippen MR) is 277 cm³/mol. The predicted octanol–water partition coefficient (Wildman–Crippen LogP) is 18.0. The van der Waals surface area contributed by atoms with Gasteiger partial charge in [0, 0.05) is 61.1 Å². The number of aryl methyl sites for hydroxylation is 3. The molecule has 10 aromatic carbocycles. The van der Waals surface area contributed by atoms with E-state index in [1.54, 1.807) is 0 Å². The number of fused-ring (bicyclic) bond motifs is 10. The molecule has 1 aliphatic carbocycles. The van der Waals surface area contributed by atoms with E-state index in [9.17, 15) is 0 Å². The van der Waals surface area contributed by atoms with Crippen LogP contribution in [-0.4, -0.2) is 0 Å². The summed E-state index contributed by atoms with van der Waals surface area (Å²) in [6.07, 6.45) is 0. The average Bonchev–Trinajstić information content (AvgIpc) is 3.91. The first-order valence-corrected chi connectivity index (χ1v) is 22.9. The number of nitrogens with zero attached hydrogens (tertiary/aromatic N) is 2. The van der Waals surface area contributed by atoms with E-state index in [-0.39, 0.29) is 5.41 Å². The van der Waals surface area contributed by atoms with E-state index in [1.165, 1.54) is 60.5 Å². The van der Waals surface area contributed by atoms with Crippen LogP contribution in [0.2, 0.25) is 0 Å². The first kappa shape index (κ1) is 38.4. The van der Waals surface area contributed by atoms with Crippen LogP contribution in [0, 0.1) is 20.8 Å². The lowest BCUT2D eigenvalue weighted by Gasteiger charge is -2.37. The molecule has 0 unspecified atom stereocenters. The molecule has 0 bridgehead atoms. The second-order valence-electron chi connectivity index (χ2n) is 18.7. The molecule has 4 heteroatoms. The second-order valence-corrected chi connectivity index (χ2v) is 18.7. The SMILES string of the molecule is Cc1ccc(N(c2ccc3c(c2)C(C)(C)c2cccc4c2c-3c(C)c2ccc(N(c3ccc(C)cc3)c3ccc5oc6ccccc6c5c3)cc24)c2ccc3oc4ccccc4c3c2)cc1. The van der Waals surface area contributed by atoms with Gasteiger partial charge in [0.25, 0.3) is 0 Å². The van der Waals surface area contributed by atoms with Crippen molar-refractivity contribution in [2.45, 2.75) is 40.0 Å². The van der Waals surface area contributed by atoms with Crippen molar-refractivity contribution in [3.63, 3.8) is 0 Å². The van der Waals surface area contributed by atoms with Crippen LogP contribution in [0.15, 0.2) is 197 Å². The number of furan rings is 2. The maximum Gasteiger partial charge on any atom is 0.135 e. The minimum absolute atomic E-state index is 0.296. The first-order chi connectivity index (χ1) is 32.2. The van der Waals surface area contributed by atoms with Crippen molar-refractivity contribution in [3.8, 4) is 11.1 Å². The second kappa shape index (κ2) is 14.2. The van der Waals surface area contributed by atoms with E-state index in [4.69, 9.17) is 8.83 Å². The van der Waals surface area contributed by atoms with Gasteiger partial charge in [-0.1, -0.05) is 116 Å². The molecule has 13 rings (SSSR count). The molecule has 0 saturated heterocycles. The van der Waals surface area contributed by atoms with Crippen molar-refractivity contribution in [1.82, 2.24) is 0 Å². The Kier molecular flexibility index (Phi) is 8.26. The minimum Gasteiger partial charge on any atom is -0.456 e. The third-order valence-corrected chi connectivity index (χ3v) is 14.3. The fraction of sp³-hybridized carbons (Fsp3) is 0.0968. The molecule has 0 amide bonds. The molecule has 316 valence electrons. The lowest BCUT2D eigenvalue weighted by atomic mass is 9.67. The number of rotatable bonds is 6. The van der Waals surface area contributed by atoms with Gasteiger partial charge in [-0.05, 0) is 167 Å². The van der Waals surface area contributed by atoms with Crippen molar-refractivity contribution in [2.24, 2.45) is 0 Å². The number of benzene rings is 10. The number of para-hydroxylation sites is 2. The molecule has 0 spiro atoms. The van der Waals surface area contributed by atoms with Crippen LogP contribution < -0.4 is 9.80 Å². The highest BCUT2D eigenvalue weighted by Gasteiger charge is 2.36. The van der Waals surface area contributed by atoms with Gasteiger partial charge in [-0.2, -0.15) is 0 Å². The van der Waals surface area contributed by atoms with Gasteiger partial charge in [-0.25, -0.2) is 0 Å². The van der Waals surface area contributed by atoms with Crippen LogP contribution >= 0.6 is 0 Å². The fourth-order valence-corrected chi connectivity index (χ4v) is 11.0. The van der Waals surface area contributed by atoms with Crippen molar-refractivity contribution in [1.29, 1.82) is 0 Å². The summed E-state index contributed by atoms with van der Waals surface area (Å²) in [6, 6.07) is 68.6. The molecular formula is C62H46N2O2. The molecule has 0 N–H and O–H groups in total. The molecule has 1 aliphatic rings. The molecule has 66 heavy (non-hydrogen) atoms. The first-order valence-electron chi connectivity index (χ1n) is 22.9. The molecule has 0 atom stereocenters. The van der Waals surface area contributed by atoms with Gasteiger partial charge in [0.05, 0.1) is 0 Å². The average molecular weight is 851 g/mol. The quantitative estimate of drug-likeness (QED) is 0.156. The van der Waals surface area contributed by atoms with Gasteiger partial charge in [0.15, 0.2) is 0 Å². The zero-order valence-electron chi connectivity index (χ0n) is 37.6. The van der Waals surface area contributed by atoms with Crippen LogP contribution in [0.5, 0.6) is 0 Å². The molecule has 12 aromatic rings. The number of hydrogen-bond acceptors (Lipinski definition) is 4. The summed E-state index contributed by atoms with van der Waals surface area (Å²) >= 11 is 0. The van der Waals surface area contributed by atoms with Crippen molar-refractivity contribution in [3.05, 3.63) is 216 Å². The summed E-state index contributed by atoms with van der Waals surface area (Å²) < 4.78 is 12.6. The summed E-state index contributed by atoms with van der Waals surface area (Å²) in [6.45, 7) is 11.4. The zero-order valence-corrected chi connectivity index (χ0v) is 37.6. The third kappa shape index (κ3) is 5.71. The van der Waals surface area contributed by atoms with E-state index < -0.39 is 0 Å². The summed E-state index contributed by atoms with van der Waals surface area (Å²) in [5.74, 6) is 0. The largest absolute Gasteiger partial charge is 0.456 e. The van der Waals surface area contributed by atoms with Crippen molar-refractivity contribution < 1.29 is 8.83 Å². The number of anilines is 6. The van der Waals surface area contributed by atoms with Crippen LogP contribution in [-0.2, 0) is 5.41 Å². The van der Waals surface area contributed by atoms with Gasteiger partial charge in [-0.15, -0.1) is 0 Å². The minimum atomic E-state index is -0.296. The van der Waals surface area contributed by atoms with Crippen LogP contribution in [0.1, 0.15) is 41.7 Å². The van der Waals surface area contributed by atoms with Gasteiger partial charge in [-0.3, -0.25) is 0 Å². The van der Waals surface area contributed by atoms with Crippen LogP contribution in [0.3, 0.4) is 0 Å². The molecule has 4 nitrogen and oxygen atoms in total. The van der Waals surface area contributed by atoms with Crippen molar-refractivity contribution >= 4 is 99.5 Å². The lowest BCUT2D eigenvalue weighted by molar-refractivity contribution is 0.645. The van der Waals surface area contributed by atoms with E-state index in [2.05, 4.69) is 208 Å². The Labute approximate surface area is 383 Å². The Morgan fingerprint density at radius 2 is 0.803 bits per heavy atom. The monoisotopic (exact) mass is 850 g/mol. The zero-order chi connectivity index (χ0) is 44.4. The molecule has 2 heterocycles. The van der Waals surface area contributed by atoms with E-state index in [1.807, 2.05) is 24.3 Å². The van der Waals surface area contributed by atoms with E-state index >= 15 is 0 Å². The van der Waals surface area contributed by atoms with Crippen LogP contribution in [0.4, 0.5) is 34.1 Å².